The predicted octanol–water partition coefficient (Wildman–Crippen LogP) is 2.12. The molecule has 1 fully saturated rings. The van der Waals surface area contributed by atoms with Gasteiger partial charge in [0.1, 0.15) is 6.29 Å². The summed E-state index contributed by atoms with van der Waals surface area (Å²) in [5, 5.41) is 0. The maximum atomic E-state index is 12.4. The zero-order chi connectivity index (χ0) is 15.2. The average Bonchev–Trinajstić information content (AvgIpc) is 2.54. The lowest BCUT2D eigenvalue weighted by molar-refractivity contribution is -0.134. The Hall–Kier alpha value is -1.68. The molecule has 4 nitrogen and oxygen atoms in total. The van der Waals surface area contributed by atoms with Gasteiger partial charge in [-0.2, -0.15) is 0 Å². The van der Waals surface area contributed by atoms with Crippen LogP contribution in [-0.4, -0.2) is 48.7 Å². The summed E-state index contributed by atoms with van der Waals surface area (Å²) in [6.07, 6.45) is 2.96. The van der Waals surface area contributed by atoms with E-state index >= 15 is 0 Å². The highest BCUT2D eigenvalue weighted by Crippen LogP contribution is 2.19. The Kier molecular flexibility index (Phi) is 5.51. The number of amides is 1. The molecule has 2 unspecified atom stereocenters. The third-order valence-electron chi connectivity index (χ3n) is 4.35. The van der Waals surface area contributed by atoms with E-state index < -0.39 is 0 Å². The lowest BCUT2D eigenvalue weighted by atomic mass is 10.00. The van der Waals surface area contributed by atoms with Crippen LogP contribution in [0.25, 0.3) is 0 Å². The minimum Gasteiger partial charge on any atom is -0.338 e. The molecule has 1 aromatic carbocycles. The summed E-state index contributed by atoms with van der Waals surface area (Å²) in [5.41, 5.74) is 1.14. The van der Waals surface area contributed by atoms with Crippen LogP contribution >= 0.6 is 0 Å². The van der Waals surface area contributed by atoms with E-state index in [9.17, 15) is 9.59 Å². The van der Waals surface area contributed by atoms with Gasteiger partial charge in [-0.3, -0.25) is 9.69 Å². The molecule has 1 amide bonds. The average molecular weight is 288 g/mol. The quantitative estimate of drug-likeness (QED) is 0.779. The van der Waals surface area contributed by atoms with Gasteiger partial charge in [0.15, 0.2) is 0 Å². The summed E-state index contributed by atoms with van der Waals surface area (Å²) in [7, 11) is 1.85. The maximum absolute atomic E-state index is 12.4. The van der Waals surface area contributed by atoms with Crippen molar-refractivity contribution in [1.82, 2.24) is 9.80 Å². The van der Waals surface area contributed by atoms with Crippen molar-refractivity contribution in [2.24, 2.45) is 5.92 Å². The van der Waals surface area contributed by atoms with Gasteiger partial charge in [-0.1, -0.05) is 30.3 Å². The van der Waals surface area contributed by atoms with Crippen molar-refractivity contribution >= 4 is 12.2 Å². The molecular weight excluding hydrogens is 264 g/mol. The molecular formula is C17H24N2O2. The van der Waals surface area contributed by atoms with Crippen molar-refractivity contribution in [2.75, 3.05) is 26.7 Å². The topological polar surface area (TPSA) is 40.6 Å². The Balaban J connectivity index is 1.91. The third-order valence-corrected chi connectivity index (χ3v) is 4.35. The molecule has 2 rings (SSSR count). The van der Waals surface area contributed by atoms with E-state index in [0.717, 1.165) is 31.2 Å². The van der Waals surface area contributed by atoms with Crippen LogP contribution in [0.1, 0.15) is 31.4 Å². The van der Waals surface area contributed by atoms with Crippen molar-refractivity contribution in [1.29, 1.82) is 0 Å². The van der Waals surface area contributed by atoms with Gasteiger partial charge < -0.3 is 9.69 Å². The van der Waals surface area contributed by atoms with Gasteiger partial charge in [-0.15, -0.1) is 0 Å². The van der Waals surface area contributed by atoms with Crippen molar-refractivity contribution in [3.8, 4) is 0 Å². The number of hydrogen-bond donors (Lipinski definition) is 0. The van der Waals surface area contributed by atoms with Crippen LogP contribution in [0.3, 0.4) is 0 Å². The molecule has 0 N–H and O–H groups in total. The molecule has 4 heteroatoms. The number of benzene rings is 1. The highest BCUT2D eigenvalue weighted by atomic mass is 16.2. The molecule has 21 heavy (non-hydrogen) atoms. The molecule has 1 heterocycles. The number of aldehydes is 1. The van der Waals surface area contributed by atoms with Crippen LogP contribution in [0.5, 0.6) is 0 Å². The van der Waals surface area contributed by atoms with Gasteiger partial charge in [-0.05, 0) is 31.9 Å². The Morgan fingerprint density at radius 3 is 2.81 bits per heavy atom. The first-order valence-electron chi connectivity index (χ1n) is 7.60. The number of carbonyl (C=O) groups excluding carboxylic acids is 2. The van der Waals surface area contributed by atoms with Gasteiger partial charge in [0.2, 0.25) is 5.91 Å². The summed E-state index contributed by atoms with van der Waals surface area (Å²) in [5.74, 6) is 0.196. The lowest BCUT2D eigenvalue weighted by Crippen LogP contribution is -2.44. The first kappa shape index (κ1) is 15.7. The monoisotopic (exact) mass is 288 g/mol. The smallest absolute Gasteiger partial charge is 0.236 e. The van der Waals surface area contributed by atoms with E-state index in [1.165, 1.54) is 0 Å². The first-order chi connectivity index (χ1) is 10.1. The van der Waals surface area contributed by atoms with Crippen molar-refractivity contribution in [2.45, 2.75) is 25.8 Å². The van der Waals surface area contributed by atoms with Crippen LogP contribution in [0.15, 0.2) is 30.3 Å². The summed E-state index contributed by atoms with van der Waals surface area (Å²) in [4.78, 5) is 27.2. The fraction of sp³-hybridized carbons (Fsp3) is 0.529. The van der Waals surface area contributed by atoms with Crippen LogP contribution in [0.4, 0.5) is 0 Å². The van der Waals surface area contributed by atoms with Crippen molar-refractivity contribution in [3.63, 3.8) is 0 Å². The van der Waals surface area contributed by atoms with Crippen LogP contribution in [-0.2, 0) is 9.59 Å². The number of rotatable bonds is 5. The minimum atomic E-state index is 0.0605. The number of nitrogens with zero attached hydrogens (tertiary/aromatic N) is 2. The molecule has 0 spiro atoms. The fourth-order valence-corrected chi connectivity index (χ4v) is 2.82. The number of likely N-dealkylation sites (N-methyl/N-ethyl adjacent to an activating group) is 1. The van der Waals surface area contributed by atoms with Crippen LogP contribution in [0.2, 0.25) is 0 Å². The summed E-state index contributed by atoms with van der Waals surface area (Å²) in [6, 6.07) is 10.1. The van der Waals surface area contributed by atoms with E-state index in [1.807, 2.05) is 44.3 Å². The first-order valence-corrected chi connectivity index (χ1v) is 7.60. The summed E-state index contributed by atoms with van der Waals surface area (Å²) >= 11 is 0. The SMILES string of the molecule is CC(c1ccccc1)N(C)C(=O)CN1CCCC(C=O)C1. The normalized spacial score (nSPS) is 20.8. The standard InChI is InChI=1S/C17H24N2O2/c1-14(16-8-4-3-5-9-16)18(2)17(21)12-19-10-6-7-15(11-19)13-20/h3-5,8-9,13-15H,6-7,10-12H2,1-2H3. The van der Waals surface area contributed by atoms with E-state index in [4.69, 9.17) is 0 Å². The Morgan fingerprint density at radius 1 is 1.43 bits per heavy atom. The number of carbonyl (C=O) groups is 2. The highest BCUT2D eigenvalue weighted by Gasteiger charge is 2.24. The number of hydrogen-bond acceptors (Lipinski definition) is 3. The van der Waals surface area contributed by atoms with Gasteiger partial charge in [0.05, 0.1) is 12.6 Å². The Labute approximate surface area is 126 Å². The minimum absolute atomic E-state index is 0.0605. The molecule has 1 aliphatic heterocycles. The van der Waals surface area contributed by atoms with Crippen LogP contribution in [0, 0.1) is 5.92 Å². The molecule has 114 valence electrons. The molecule has 0 saturated carbocycles. The second-order valence-electron chi connectivity index (χ2n) is 5.86. The number of likely N-dealkylation sites (tertiary alicyclic amines) is 1. The van der Waals surface area contributed by atoms with Gasteiger partial charge in [0, 0.05) is 19.5 Å². The third kappa shape index (κ3) is 4.14. The van der Waals surface area contributed by atoms with E-state index in [-0.39, 0.29) is 17.9 Å². The molecule has 1 aromatic rings. The molecule has 0 aliphatic carbocycles. The summed E-state index contributed by atoms with van der Waals surface area (Å²) < 4.78 is 0. The van der Waals surface area contributed by atoms with Gasteiger partial charge >= 0.3 is 0 Å². The summed E-state index contributed by atoms with van der Waals surface area (Å²) in [6.45, 7) is 4.06. The number of piperidine rings is 1. The van der Waals surface area contributed by atoms with Crippen molar-refractivity contribution < 1.29 is 9.59 Å². The largest absolute Gasteiger partial charge is 0.338 e. The molecule has 1 saturated heterocycles. The second kappa shape index (κ2) is 7.36. The fourth-order valence-electron chi connectivity index (χ4n) is 2.82. The highest BCUT2D eigenvalue weighted by molar-refractivity contribution is 5.78. The van der Waals surface area contributed by atoms with E-state index in [2.05, 4.69) is 4.90 Å². The van der Waals surface area contributed by atoms with E-state index in [1.54, 1.807) is 4.90 Å². The van der Waals surface area contributed by atoms with Crippen molar-refractivity contribution in [3.05, 3.63) is 35.9 Å². The Morgan fingerprint density at radius 2 is 2.14 bits per heavy atom. The van der Waals surface area contributed by atoms with Crippen LogP contribution < -0.4 is 0 Å². The predicted molar refractivity (Wildman–Crippen MR) is 82.9 cm³/mol. The molecule has 2 atom stereocenters. The van der Waals surface area contributed by atoms with E-state index in [0.29, 0.717) is 13.1 Å². The zero-order valence-electron chi connectivity index (χ0n) is 12.9. The van der Waals surface area contributed by atoms with Gasteiger partial charge in [0.25, 0.3) is 0 Å². The lowest BCUT2D eigenvalue weighted by Gasteiger charge is -2.32. The molecule has 0 aromatic heterocycles. The van der Waals surface area contributed by atoms with Gasteiger partial charge in [-0.25, -0.2) is 0 Å². The zero-order valence-corrected chi connectivity index (χ0v) is 12.9. The molecule has 1 aliphatic rings. The molecule has 0 bridgehead atoms. The molecule has 0 radical (unpaired) electrons. The Bertz CT molecular complexity index is 475. The second-order valence-corrected chi connectivity index (χ2v) is 5.86. The maximum Gasteiger partial charge on any atom is 0.236 e.